The van der Waals surface area contributed by atoms with Crippen molar-refractivity contribution in [3.63, 3.8) is 0 Å². The molecule has 0 spiro atoms. The molecule has 0 N–H and O–H groups in total. The highest BCUT2D eigenvalue weighted by atomic mass is 15.3. The summed E-state index contributed by atoms with van der Waals surface area (Å²) in [4.78, 5) is 7.16. The number of hydrogen-bond acceptors (Lipinski definition) is 4. The SMILES string of the molecule is Cc1nnc2c(N3CCc4ccccc43)nc3ccccc3n12. The van der Waals surface area contributed by atoms with Crippen molar-refractivity contribution in [3.8, 4) is 0 Å². The van der Waals surface area contributed by atoms with Crippen LogP contribution >= 0.6 is 0 Å². The van der Waals surface area contributed by atoms with Gasteiger partial charge in [0.05, 0.1) is 11.0 Å². The van der Waals surface area contributed by atoms with Gasteiger partial charge in [-0.15, -0.1) is 10.2 Å². The maximum atomic E-state index is 4.90. The van der Waals surface area contributed by atoms with Crippen LogP contribution in [0.5, 0.6) is 0 Å². The Morgan fingerprint density at radius 2 is 1.78 bits per heavy atom. The summed E-state index contributed by atoms with van der Waals surface area (Å²) in [7, 11) is 0. The van der Waals surface area contributed by atoms with Crippen LogP contribution < -0.4 is 4.90 Å². The van der Waals surface area contributed by atoms with Gasteiger partial charge in [0.1, 0.15) is 5.82 Å². The van der Waals surface area contributed by atoms with Crippen LogP contribution in [0, 0.1) is 6.92 Å². The molecule has 0 aliphatic carbocycles. The topological polar surface area (TPSA) is 46.3 Å². The Morgan fingerprint density at radius 1 is 0.957 bits per heavy atom. The van der Waals surface area contributed by atoms with Crippen molar-refractivity contribution in [2.75, 3.05) is 11.4 Å². The van der Waals surface area contributed by atoms with Crippen LogP contribution in [0.1, 0.15) is 11.4 Å². The second-order valence-electron chi connectivity index (χ2n) is 5.86. The zero-order valence-corrected chi connectivity index (χ0v) is 12.8. The summed E-state index contributed by atoms with van der Waals surface area (Å²) >= 11 is 0. The van der Waals surface area contributed by atoms with Crippen LogP contribution in [-0.4, -0.2) is 26.1 Å². The fraction of sp³-hybridized carbons (Fsp3) is 0.167. The van der Waals surface area contributed by atoms with E-state index in [1.807, 2.05) is 25.1 Å². The molecule has 3 heterocycles. The first-order valence-electron chi connectivity index (χ1n) is 7.79. The van der Waals surface area contributed by atoms with Crippen LogP contribution in [0.15, 0.2) is 48.5 Å². The van der Waals surface area contributed by atoms with E-state index < -0.39 is 0 Å². The molecular weight excluding hydrogens is 286 g/mol. The van der Waals surface area contributed by atoms with Crippen molar-refractivity contribution in [2.24, 2.45) is 0 Å². The van der Waals surface area contributed by atoms with Crippen molar-refractivity contribution < 1.29 is 0 Å². The van der Waals surface area contributed by atoms with E-state index in [1.54, 1.807) is 0 Å². The summed E-state index contributed by atoms with van der Waals surface area (Å²) in [6.07, 6.45) is 1.03. The highest BCUT2D eigenvalue weighted by Gasteiger charge is 2.25. The maximum absolute atomic E-state index is 4.90. The molecule has 1 aliphatic heterocycles. The van der Waals surface area contributed by atoms with E-state index in [-0.39, 0.29) is 0 Å². The molecule has 0 saturated carbocycles. The monoisotopic (exact) mass is 301 g/mol. The molecule has 2 aromatic carbocycles. The van der Waals surface area contributed by atoms with Gasteiger partial charge in [-0.05, 0) is 37.1 Å². The molecule has 0 radical (unpaired) electrons. The highest BCUT2D eigenvalue weighted by molar-refractivity contribution is 5.86. The molecule has 0 bridgehead atoms. The molecule has 0 saturated heterocycles. The summed E-state index contributed by atoms with van der Waals surface area (Å²) in [6.45, 7) is 2.90. The molecule has 5 nitrogen and oxygen atoms in total. The van der Waals surface area contributed by atoms with E-state index >= 15 is 0 Å². The Labute approximate surface area is 133 Å². The Hall–Kier alpha value is -2.95. The normalized spacial score (nSPS) is 13.9. The molecule has 4 aromatic rings. The van der Waals surface area contributed by atoms with Gasteiger partial charge in [0.25, 0.3) is 0 Å². The number of fused-ring (bicyclic) bond motifs is 4. The summed E-state index contributed by atoms with van der Waals surface area (Å²) in [5.41, 5.74) is 5.40. The molecule has 23 heavy (non-hydrogen) atoms. The molecule has 5 heteroatoms. The highest BCUT2D eigenvalue weighted by Crippen LogP contribution is 2.36. The number of anilines is 2. The van der Waals surface area contributed by atoms with E-state index in [1.165, 1.54) is 11.3 Å². The minimum absolute atomic E-state index is 0.818. The lowest BCUT2D eigenvalue weighted by Gasteiger charge is -2.19. The van der Waals surface area contributed by atoms with E-state index in [9.17, 15) is 0 Å². The van der Waals surface area contributed by atoms with Crippen LogP contribution in [0.25, 0.3) is 16.7 Å². The molecular formula is C18H15N5. The molecule has 0 fully saturated rings. The van der Waals surface area contributed by atoms with Crippen molar-refractivity contribution in [1.29, 1.82) is 0 Å². The Kier molecular flexibility index (Phi) is 2.47. The number of benzene rings is 2. The van der Waals surface area contributed by atoms with Gasteiger partial charge in [0.15, 0.2) is 5.82 Å². The van der Waals surface area contributed by atoms with Crippen LogP contribution in [-0.2, 0) is 6.42 Å². The number of hydrogen-bond donors (Lipinski definition) is 0. The molecule has 0 amide bonds. The third-order valence-electron chi connectivity index (χ3n) is 4.52. The zero-order chi connectivity index (χ0) is 15.4. The van der Waals surface area contributed by atoms with Gasteiger partial charge in [-0.3, -0.25) is 4.40 Å². The standard InChI is InChI=1S/C18H15N5/c1-12-20-21-18-17(19-14-7-3-5-9-16(14)23(12)18)22-11-10-13-6-2-4-8-15(13)22/h2-9H,10-11H2,1H3. The average Bonchev–Trinajstić information content (AvgIpc) is 3.19. The van der Waals surface area contributed by atoms with E-state index in [4.69, 9.17) is 4.98 Å². The Balaban J connectivity index is 1.85. The van der Waals surface area contributed by atoms with Crippen molar-refractivity contribution >= 4 is 28.2 Å². The van der Waals surface area contributed by atoms with Gasteiger partial charge in [0.2, 0.25) is 5.65 Å². The van der Waals surface area contributed by atoms with Gasteiger partial charge in [-0.25, -0.2) is 4.98 Å². The zero-order valence-electron chi connectivity index (χ0n) is 12.8. The molecule has 0 atom stereocenters. The van der Waals surface area contributed by atoms with Crippen molar-refractivity contribution in [2.45, 2.75) is 13.3 Å². The third kappa shape index (κ3) is 1.70. The third-order valence-corrected chi connectivity index (χ3v) is 4.52. The fourth-order valence-electron chi connectivity index (χ4n) is 3.45. The number of rotatable bonds is 1. The summed E-state index contributed by atoms with van der Waals surface area (Å²) in [6, 6.07) is 16.6. The predicted molar refractivity (Wildman–Crippen MR) is 90.2 cm³/mol. The number of aryl methyl sites for hydroxylation is 1. The van der Waals surface area contributed by atoms with E-state index in [0.717, 1.165) is 41.3 Å². The van der Waals surface area contributed by atoms with Crippen LogP contribution in [0.2, 0.25) is 0 Å². The molecule has 1 aliphatic rings. The first-order valence-corrected chi connectivity index (χ1v) is 7.79. The largest absolute Gasteiger partial charge is 0.323 e. The maximum Gasteiger partial charge on any atom is 0.204 e. The summed E-state index contributed by atoms with van der Waals surface area (Å²) in [5, 5.41) is 8.67. The average molecular weight is 301 g/mol. The van der Waals surface area contributed by atoms with Crippen molar-refractivity contribution in [3.05, 3.63) is 59.9 Å². The lowest BCUT2D eigenvalue weighted by Crippen LogP contribution is -2.16. The minimum atomic E-state index is 0.818. The van der Waals surface area contributed by atoms with Gasteiger partial charge >= 0.3 is 0 Å². The molecule has 0 unspecified atom stereocenters. The Morgan fingerprint density at radius 3 is 2.74 bits per heavy atom. The Bertz CT molecular complexity index is 1050. The number of aromatic nitrogens is 4. The first-order chi connectivity index (χ1) is 11.3. The summed E-state index contributed by atoms with van der Waals surface area (Å²) in [5.74, 6) is 1.77. The lowest BCUT2D eigenvalue weighted by atomic mass is 10.2. The summed E-state index contributed by atoms with van der Waals surface area (Å²) < 4.78 is 2.10. The predicted octanol–water partition coefficient (Wildman–Crippen LogP) is 3.28. The van der Waals surface area contributed by atoms with Gasteiger partial charge in [-0.1, -0.05) is 30.3 Å². The van der Waals surface area contributed by atoms with E-state index in [0.29, 0.717) is 0 Å². The molecule has 5 rings (SSSR count). The van der Waals surface area contributed by atoms with Crippen molar-refractivity contribution in [1.82, 2.24) is 19.6 Å². The fourth-order valence-corrected chi connectivity index (χ4v) is 3.45. The number of nitrogens with zero attached hydrogens (tertiary/aromatic N) is 5. The van der Waals surface area contributed by atoms with Gasteiger partial charge in [-0.2, -0.15) is 0 Å². The smallest absolute Gasteiger partial charge is 0.204 e. The van der Waals surface area contributed by atoms with Crippen LogP contribution in [0.3, 0.4) is 0 Å². The quantitative estimate of drug-likeness (QED) is 0.541. The second-order valence-corrected chi connectivity index (χ2v) is 5.86. The molecule has 2 aromatic heterocycles. The second kappa shape index (κ2) is 4.52. The number of para-hydroxylation sites is 3. The first kappa shape index (κ1) is 12.6. The lowest BCUT2D eigenvalue weighted by molar-refractivity contribution is 0.973. The molecule has 112 valence electrons. The van der Waals surface area contributed by atoms with Gasteiger partial charge < -0.3 is 4.90 Å². The van der Waals surface area contributed by atoms with Gasteiger partial charge in [0, 0.05) is 12.2 Å². The van der Waals surface area contributed by atoms with E-state index in [2.05, 4.69) is 49.8 Å². The van der Waals surface area contributed by atoms with Crippen LogP contribution in [0.4, 0.5) is 11.5 Å². The minimum Gasteiger partial charge on any atom is -0.323 e.